The number of hydrogen-bond donors (Lipinski definition) is 2. The molecule has 4 rings (SSSR count). The Bertz CT molecular complexity index is 1160. The molecule has 29 heavy (non-hydrogen) atoms. The van der Waals surface area contributed by atoms with E-state index in [1.54, 1.807) is 60.9 Å². The first-order chi connectivity index (χ1) is 13.8. The molecule has 0 saturated carbocycles. The van der Waals surface area contributed by atoms with Crippen LogP contribution in [0.25, 0.3) is 21.2 Å². The average Bonchev–Trinajstić information content (AvgIpc) is 3.12. The van der Waals surface area contributed by atoms with Gasteiger partial charge in [-0.3, -0.25) is 4.98 Å². The van der Waals surface area contributed by atoms with E-state index < -0.39 is 18.0 Å². The third-order valence-corrected chi connectivity index (χ3v) is 5.59. The quantitative estimate of drug-likeness (QED) is 0.381. The summed E-state index contributed by atoms with van der Waals surface area (Å²) in [7, 11) is 0. The molecule has 148 valence electrons. The highest BCUT2D eigenvalue weighted by molar-refractivity contribution is 7.19. The predicted molar refractivity (Wildman–Crippen MR) is 110 cm³/mol. The summed E-state index contributed by atoms with van der Waals surface area (Å²) in [6.45, 7) is 0. The maximum absolute atomic E-state index is 13.6. The van der Waals surface area contributed by atoms with Gasteiger partial charge in [0.2, 0.25) is 0 Å². The maximum atomic E-state index is 13.6. The van der Waals surface area contributed by atoms with Crippen molar-refractivity contribution >= 4 is 38.8 Å². The number of benzene rings is 2. The minimum atomic E-state index is -4.59. The number of fused-ring (bicyclic) bond motifs is 1. The van der Waals surface area contributed by atoms with Gasteiger partial charge in [-0.2, -0.15) is 13.2 Å². The second kappa shape index (κ2) is 7.62. The highest BCUT2D eigenvalue weighted by Gasteiger charge is 2.38. The monoisotopic (exact) mass is 434 g/mol. The summed E-state index contributed by atoms with van der Waals surface area (Å²) < 4.78 is 40.9. The van der Waals surface area contributed by atoms with E-state index in [-0.39, 0.29) is 10.0 Å². The second-order valence-corrected chi connectivity index (χ2v) is 7.74. The number of thiazole rings is 1. The number of nitrogens with one attached hydrogen (secondary N) is 1. The molecule has 2 aromatic heterocycles. The second-order valence-electron chi connectivity index (χ2n) is 6.31. The van der Waals surface area contributed by atoms with Crippen molar-refractivity contribution in [2.24, 2.45) is 5.73 Å². The molecule has 0 aliphatic carbocycles. The van der Waals surface area contributed by atoms with Gasteiger partial charge in [0, 0.05) is 22.8 Å². The molecule has 1 atom stereocenters. The molecule has 0 bridgehead atoms. The molecular formula is C20H14ClF3N4S. The maximum Gasteiger partial charge on any atom is 0.434 e. The van der Waals surface area contributed by atoms with E-state index in [9.17, 15) is 13.2 Å². The number of nitrogens with two attached hydrogens (primary N) is 1. The summed E-state index contributed by atoms with van der Waals surface area (Å²) >= 11 is 6.77. The molecule has 4 aromatic rings. The minimum Gasteiger partial charge on any atom is -0.342 e. The number of halogens is 4. The van der Waals surface area contributed by atoms with E-state index in [1.807, 2.05) is 0 Å². The van der Waals surface area contributed by atoms with Gasteiger partial charge in [-0.05, 0) is 40.8 Å². The molecule has 0 saturated heterocycles. The number of aromatic nitrogens is 2. The van der Waals surface area contributed by atoms with Gasteiger partial charge in [-0.1, -0.05) is 47.2 Å². The van der Waals surface area contributed by atoms with Crippen LogP contribution in [0.15, 0.2) is 60.9 Å². The standard InChI is InChI=1S/C20H14ClF3N4S/c21-15-5-3-11(4-6-15)18(25)28-19-27-17(20(22,23)24)16(29-19)13-1-2-14-10-26-8-7-12(14)9-13/h1-10,18H,25H2,(H,27,28)/t18-/m1/s1. The molecule has 0 radical (unpaired) electrons. The van der Waals surface area contributed by atoms with Crippen LogP contribution in [0.4, 0.5) is 18.3 Å². The Morgan fingerprint density at radius 1 is 1.03 bits per heavy atom. The van der Waals surface area contributed by atoms with Gasteiger partial charge in [-0.25, -0.2) is 4.98 Å². The Labute approximate surface area is 173 Å². The fourth-order valence-electron chi connectivity index (χ4n) is 2.88. The van der Waals surface area contributed by atoms with Gasteiger partial charge in [-0.15, -0.1) is 0 Å². The van der Waals surface area contributed by atoms with Crippen LogP contribution >= 0.6 is 22.9 Å². The lowest BCUT2D eigenvalue weighted by molar-refractivity contribution is -0.140. The molecule has 4 nitrogen and oxygen atoms in total. The van der Waals surface area contributed by atoms with E-state index in [4.69, 9.17) is 17.3 Å². The number of pyridine rings is 1. The van der Waals surface area contributed by atoms with Crippen LogP contribution in [-0.2, 0) is 6.18 Å². The van der Waals surface area contributed by atoms with Crippen LogP contribution in [0.1, 0.15) is 17.4 Å². The van der Waals surface area contributed by atoms with Crippen molar-refractivity contribution in [1.82, 2.24) is 9.97 Å². The first kappa shape index (κ1) is 19.6. The summed E-state index contributed by atoms with van der Waals surface area (Å²) in [5.41, 5.74) is 6.25. The highest BCUT2D eigenvalue weighted by Crippen LogP contribution is 2.43. The first-order valence-corrected chi connectivity index (χ1v) is 9.70. The lowest BCUT2D eigenvalue weighted by Crippen LogP contribution is -2.20. The van der Waals surface area contributed by atoms with E-state index in [2.05, 4.69) is 15.3 Å². The number of anilines is 1. The Kier molecular flexibility index (Phi) is 5.16. The van der Waals surface area contributed by atoms with Gasteiger partial charge in [0.05, 0.1) is 4.88 Å². The molecule has 0 spiro atoms. The number of alkyl halides is 3. The van der Waals surface area contributed by atoms with Crippen molar-refractivity contribution in [3.63, 3.8) is 0 Å². The summed E-state index contributed by atoms with van der Waals surface area (Å²) in [5, 5.41) is 5.12. The topological polar surface area (TPSA) is 63.8 Å². The Balaban J connectivity index is 1.71. The van der Waals surface area contributed by atoms with Gasteiger partial charge in [0.25, 0.3) is 0 Å². The Morgan fingerprint density at radius 3 is 2.52 bits per heavy atom. The van der Waals surface area contributed by atoms with Gasteiger partial charge in [0.1, 0.15) is 6.17 Å². The predicted octanol–water partition coefficient (Wildman–Crippen LogP) is 6.10. The van der Waals surface area contributed by atoms with Crippen molar-refractivity contribution in [3.8, 4) is 10.4 Å². The van der Waals surface area contributed by atoms with Crippen molar-refractivity contribution in [2.45, 2.75) is 12.3 Å². The SMILES string of the molecule is N[C@H](Nc1nc(C(F)(F)F)c(-c2ccc3cnccc3c2)s1)c1ccc(Cl)cc1. The number of hydrogen-bond acceptors (Lipinski definition) is 5. The molecule has 2 aromatic carbocycles. The lowest BCUT2D eigenvalue weighted by Gasteiger charge is -2.13. The molecule has 0 aliphatic heterocycles. The lowest BCUT2D eigenvalue weighted by atomic mass is 10.1. The molecule has 9 heteroatoms. The smallest absolute Gasteiger partial charge is 0.342 e. The average molecular weight is 435 g/mol. The van der Waals surface area contributed by atoms with Crippen LogP contribution in [-0.4, -0.2) is 9.97 Å². The largest absolute Gasteiger partial charge is 0.434 e. The van der Waals surface area contributed by atoms with E-state index >= 15 is 0 Å². The molecule has 2 heterocycles. The first-order valence-electron chi connectivity index (χ1n) is 8.51. The summed E-state index contributed by atoms with van der Waals surface area (Å²) in [6, 6.07) is 13.6. The van der Waals surface area contributed by atoms with Crippen LogP contribution < -0.4 is 11.1 Å². The van der Waals surface area contributed by atoms with Gasteiger partial charge in [0.15, 0.2) is 10.8 Å². The zero-order valence-corrected chi connectivity index (χ0v) is 16.3. The highest BCUT2D eigenvalue weighted by atomic mass is 35.5. The normalized spacial score (nSPS) is 12.9. The van der Waals surface area contributed by atoms with Crippen molar-refractivity contribution in [1.29, 1.82) is 0 Å². The van der Waals surface area contributed by atoms with Crippen molar-refractivity contribution < 1.29 is 13.2 Å². The van der Waals surface area contributed by atoms with Gasteiger partial charge >= 0.3 is 6.18 Å². The van der Waals surface area contributed by atoms with Crippen LogP contribution in [0.3, 0.4) is 0 Å². The molecule has 0 unspecified atom stereocenters. The fraction of sp³-hybridized carbons (Fsp3) is 0.100. The Hall–Kier alpha value is -2.68. The van der Waals surface area contributed by atoms with E-state index in [0.717, 1.165) is 22.1 Å². The summed E-state index contributed by atoms with van der Waals surface area (Å²) in [4.78, 5) is 7.84. The Morgan fingerprint density at radius 2 is 1.79 bits per heavy atom. The third kappa shape index (κ3) is 4.19. The molecule has 3 N–H and O–H groups in total. The van der Waals surface area contributed by atoms with Crippen LogP contribution in [0.2, 0.25) is 5.02 Å². The van der Waals surface area contributed by atoms with E-state index in [0.29, 0.717) is 16.1 Å². The van der Waals surface area contributed by atoms with Crippen molar-refractivity contribution in [2.75, 3.05) is 5.32 Å². The fourth-order valence-corrected chi connectivity index (χ4v) is 4.03. The number of nitrogens with zero attached hydrogens (tertiary/aromatic N) is 2. The summed E-state index contributed by atoms with van der Waals surface area (Å²) in [5.74, 6) is 0. The van der Waals surface area contributed by atoms with Crippen LogP contribution in [0, 0.1) is 0 Å². The number of rotatable bonds is 4. The summed E-state index contributed by atoms with van der Waals surface area (Å²) in [6.07, 6.45) is -2.06. The minimum absolute atomic E-state index is 0.0296. The van der Waals surface area contributed by atoms with E-state index in [1.165, 1.54) is 0 Å². The molecular weight excluding hydrogens is 421 g/mol. The van der Waals surface area contributed by atoms with Gasteiger partial charge < -0.3 is 11.1 Å². The molecule has 0 fully saturated rings. The molecule has 0 aliphatic rings. The zero-order chi connectivity index (χ0) is 20.6. The zero-order valence-electron chi connectivity index (χ0n) is 14.7. The van der Waals surface area contributed by atoms with Crippen molar-refractivity contribution in [3.05, 3.63) is 77.2 Å². The van der Waals surface area contributed by atoms with Crippen LogP contribution in [0.5, 0.6) is 0 Å². The molecule has 0 amide bonds. The third-order valence-electron chi connectivity index (χ3n) is 4.31.